The minimum absolute atomic E-state index is 0.951. The molecule has 0 spiro atoms. The van der Waals surface area contributed by atoms with Crippen molar-refractivity contribution in [2.45, 2.75) is 4.90 Å². The maximum atomic E-state index is 5.31. The number of nitrogen functional groups attached to an aromatic ring is 1. The molecule has 0 saturated heterocycles. The number of nitrogens with two attached hydrogens (primary N) is 1. The second-order valence-electron chi connectivity index (χ2n) is 1.99. The SMILES string of the molecule is CSc1ccc(Br)cc1NN. The van der Waals surface area contributed by atoms with E-state index in [4.69, 9.17) is 5.84 Å². The number of hydrazine groups is 1. The third-order valence-electron chi connectivity index (χ3n) is 1.32. The molecule has 0 saturated carbocycles. The molecule has 11 heavy (non-hydrogen) atoms. The first-order valence-electron chi connectivity index (χ1n) is 3.08. The number of nitrogens with one attached hydrogen (secondary N) is 1. The summed E-state index contributed by atoms with van der Waals surface area (Å²) >= 11 is 5.03. The predicted molar refractivity (Wildman–Crippen MR) is 53.7 cm³/mol. The maximum Gasteiger partial charge on any atom is 0.0632 e. The molecule has 0 fully saturated rings. The van der Waals surface area contributed by atoms with E-state index in [9.17, 15) is 0 Å². The van der Waals surface area contributed by atoms with Crippen LogP contribution in [0.15, 0.2) is 27.6 Å². The molecule has 0 amide bonds. The average Bonchev–Trinajstić information content (AvgIpc) is 2.04. The molecular formula is C7H9BrN2S. The first kappa shape index (κ1) is 8.90. The van der Waals surface area contributed by atoms with E-state index in [1.165, 1.54) is 0 Å². The van der Waals surface area contributed by atoms with Crippen molar-refractivity contribution in [2.75, 3.05) is 11.7 Å². The largest absolute Gasteiger partial charge is 0.323 e. The zero-order valence-electron chi connectivity index (χ0n) is 6.10. The van der Waals surface area contributed by atoms with Gasteiger partial charge in [-0.05, 0) is 24.5 Å². The van der Waals surface area contributed by atoms with E-state index in [-0.39, 0.29) is 0 Å². The predicted octanol–water partition coefficient (Wildman–Crippen LogP) is 2.46. The Labute approximate surface area is 78.6 Å². The van der Waals surface area contributed by atoms with Gasteiger partial charge in [-0.2, -0.15) is 0 Å². The molecule has 3 N–H and O–H groups in total. The number of benzene rings is 1. The van der Waals surface area contributed by atoms with Gasteiger partial charge in [0.2, 0.25) is 0 Å². The Balaban J connectivity index is 3.06. The highest BCUT2D eigenvalue weighted by atomic mass is 79.9. The molecular weight excluding hydrogens is 224 g/mol. The summed E-state index contributed by atoms with van der Waals surface area (Å²) in [4.78, 5) is 1.15. The molecule has 4 heteroatoms. The number of thioether (sulfide) groups is 1. The quantitative estimate of drug-likeness (QED) is 0.468. The van der Waals surface area contributed by atoms with E-state index in [1.807, 2.05) is 24.5 Å². The van der Waals surface area contributed by atoms with Crippen molar-refractivity contribution in [2.24, 2.45) is 5.84 Å². The van der Waals surface area contributed by atoms with Gasteiger partial charge in [0.1, 0.15) is 0 Å². The van der Waals surface area contributed by atoms with Gasteiger partial charge in [-0.3, -0.25) is 5.84 Å². The molecule has 0 aliphatic rings. The van der Waals surface area contributed by atoms with Crippen LogP contribution in [0.5, 0.6) is 0 Å². The zero-order chi connectivity index (χ0) is 8.27. The van der Waals surface area contributed by atoms with Gasteiger partial charge in [-0.25, -0.2) is 0 Å². The van der Waals surface area contributed by atoms with Crippen LogP contribution in [-0.4, -0.2) is 6.26 Å². The fourth-order valence-electron chi connectivity index (χ4n) is 0.793. The zero-order valence-corrected chi connectivity index (χ0v) is 8.50. The average molecular weight is 233 g/mol. The Bertz CT molecular complexity index is 252. The van der Waals surface area contributed by atoms with Crippen molar-refractivity contribution in [1.29, 1.82) is 0 Å². The Kier molecular flexibility index (Phi) is 3.23. The molecule has 0 aliphatic heterocycles. The summed E-state index contributed by atoms with van der Waals surface area (Å²) in [5, 5.41) is 0. The van der Waals surface area contributed by atoms with Crippen molar-refractivity contribution >= 4 is 33.4 Å². The minimum Gasteiger partial charge on any atom is -0.323 e. The van der Waals surface area contributed by atoms with Crippen molar-refractivity contribution in [3.63, 3.8) is 0 Å². The van der Waals surface area contributed by atoms with E-state index in [0.29, 0.717) is 0 Å². The molecule has 0 heterocycles. The van der Waals surface area contributed by atoms with Crippen molar-refractivity contribution < 1.29 is 0 Å². The number of anilines is 1. The lowest BCUT2D eigenvalue weighted by molar-refractivity contribution is 1.28. The number of halogens is 1. The Morgan fingerprint density at radius 2 is 2.27 bits per heavy atom. The second kappa shape index (κ2) is 3.99. The molecule has 0 atom stereocenters. The molecule has 0 unspecified atom stereocenters. The van der Waals surface area contributed by atoms with Gasteiger partial charge >= 0.3 is 0 Å². The van der Waals surface area contributed by atoms with Crippen LogP contribution in [-0.2, 0) is 0 Å². The fourth-order valence-corrected chi connectivity index (χ4v) is 1.70. The number of rotatable bonds is 2. The molecule has 0 bridgehead atoms. The van der Waals surface area contributed by atoms with Crippen LogP contribution in [0.1, 0.15) is 0 Å². The Morgan fingerprint density at radius 1 is 1.55 bits per heavy atom. The molecule has 1 rings (SSSR count). The highest BCUT2D eigenvalue weighted by Crippen LogP contribution is 2.27. The van der Waals surface area contributed by atoms with Gasteiger partial charge in [0.15, 0.2) is 0 Å². The molecule has 0 aliphatic carbocycles. The van der Waals surface area contributed by atoms with Gasteiger partial charge in [0.05, 0.1) is 5.69 Å². The summed E-state index contributed by atoms with van der Waals surface area (Å²) in [6.07, 6.45) is 2.02. The van der Waals surface area contributed by atoms with Crippen LogP contribution in [0, 0.1) is 0 Å². The third kappa shape index (κ3) is 2.12. The summed E-state index contributed by atoms with van der Waals surface area (Å²) in [5.74, 6) is 5.31. The summed E-state index contributed by atoms with van der Waals surface area (Å²) in [6, 6.07) is 5.96. The molecule has 1 aromatic carbocycles. The summed E-state index contributed by atoms with van der Waals surface area (Å²) < 4.78 is 1.03. The first-order valence-corrected chi connectivity index (χ1v) is 5.10. The van der Waals surface area contributed by atoms with Crippen LogP contribution in [0.3, 0.4) is 0 Å². The lowest BCUT2D eigenvalue weighted by Gasteiger charge is -2.05. The summed E-state index contributed by atoms with van der Waals surface area (Å²) in [6.45, 7) is 0. The van der Waals surface area contributed by atoms with Crippen LogP contribution >= 0.6 is 27.7 Å². The number of hydrogen-bond acceptors (Lipinski definition) is 3. The van der Waals surface area contributed by atoms with Gasteiger partial charge in [0.25, 0.3) is 0 Å². The van der Waals surface area contributed by atoms with Gasteiger partial charge in [-0.1, -0.05) is 15.9 Å². The maximum absolute atomic E-state index is 5.31. The van der Waals surface area contributed by atoms with Gasteiger partial charge in [0, 0.05) is 9.37 Å². The first-order chi connectivity index (χ1) is 5.27. The van der Waals surface area contributed by atoms with Crippen molar-refractivity contribution in [3.05, 3.63) is 22.7 Å². The normalized spacial score (nSPS) is 9.73. The third-order valence-corrected chi connectivity index (χ3v) is 2.61. The molecule has 60 valence electrons. The standard InChI is InChI=1S/C7H9BrN2S/c1-11-7-3-2-5(8)4-6(7)10-9/h2-4,10H,9H2,1H3. The molecule has 2 nitrogen and oxygen atoms in total. The van der Waals surface area contributed by atoms with Gasteiger partial charge in [-0.15, -0.1) is 11.8 Å². The molecule has 0 radical (unpaired) electrons. The van der Waals surface area contributed by atoms with Crippen LogP contribution in [0.4, 0.5) is 5.69 Å². The molecule has 1 aromatic rings. The van der Waals surface area contributed by atoms with E-state index in [2.05, 4.69) is 21.4 Å². The summed E-state index contributed by atoms with van der Waals surface area (Å²) in [5.41, 5.74) is 3.59. The van der Waals surface area contributed by atoms with Crippen LogP contribution in [0.2, 0.25) is 0 Å². The van der Waals surface area contributed by atoms with Crippen molar-refractivity contribution in [3.8, 4) is 0 Å². The highest BCUT2D eigenvalue weighted by Gasteiger charge is 1.98. The van der Waals surface area contributed by atoms with Crippen LogP contribution in [0.25, 0.3) is 0 Å². The highest BCUT2D eigenvalue weighted by molar-refractivity contribution is 9.10. The van der Waals surface area contributed by atoms with Gasteiger partial charge < -0.3 is 5.43 Å². The van der Waals surface area contributed by atoms with E-state index in [1.54, 1.807) is 11.8 Å². The Hall–Kier alpha value is -0.190. The fraction of sp³-hybridized carbons (Fsp3) is 0.143. The van der Waals surface area contributed by atoms with E-state index < -0.39 is 0 Å². The number of hydrogen-bond donors (Lipinski definition) is 2. The molecule has 0 aromatic heterocycles. The lowest BCUT2D eigenvalue weighted by atomic mass is 10.3. The van der Waals surface area contributed by atoms with Crippen molar-refractivity contribution in [1.82, 2.24) is 0 Å². The smallest absolute Gasteiger partial charge is 0.0632 e. The van der Waals surface area contributed by atoms with E-state index >= 15 is 0 Å². The van der Waals surface area contributed by atoms with E-state index in [0.717, 1.165) is 15.1 Å². The lowest BCUT2D eigenvalue weighted by Crippen LogP contribution is -2.07. The minimum atomic E-state index is 0.951. The Morgan fingerprint density at radius 3 is 2.82 bits per heavy atom. The monoisotopic (exact) mass is 232 g/mol. The second-order valence-corrected chi connectivity index (χ2v) is 3.75. The topological polar surface area (TPSA) is 38.0 Å². The summed E-state index contributed by atoms with van der Waals surface area (Å²) in [7, 11) is 0. The van der Waals surface area contributed by atoms with Crippen LogP contribution < -0.4 is 11.3 Å².